The Balaban J connectivity index is 1.81. The zero-order valence-electron chi connectivity index (χ0n) is 12.0. The van der Waals surface area contributed by atoms with Gasteiger partial charge in [0, 0.05) is 16.8 Å². The first-order valence-electron chi connectivity index (χ1n) is 7.33. The molecule has 1 aromatic heterocycles. The Morgan fingerprint density at radius 2 is 2.10 bits per heavy atom. The van der Waals surface area contributed by atoms with E-state index in [1.807, 2.05) is 5.38 Å². The van der Waals surface area contributed by atoms with Gasteiger partial charge >= 0.3 is 5.97 Å². The zero-order valence-corrected chi connectivity index (χ0v) is 12.8. The van der Waals surface area contributed by atoms with Crippen molar-refractivity contribution >= 4 is 23.2 Å². The van der Waals surface area contributed by atoms with Crippen LogP contribution in [0.15, 0.2) is 5.38 Å². The third kappa shape index (κ3) is 2.82. The maximum atomic E-state index is 12.7. The van der Waals surface area contributed by atoms with Crippen molar-refractivity contribution in [3.05, 3.63) is 21.4 Å². The van der Waals surface area contributed by atoms with E-state index in [1.165, 1.54) is 16.9 Å². The second-order valence-electron chi connectivity index (χ2n) is 5.74. The van der Waals surface area contributed by atoms with E-state index >= 15 is 0 Å². The van der Waals surface area contributed by atoms with Crippen LogP contribution in [0.2, 0.25) is 0 Å². The van der Waals surface area contributed by atoms with Crippen LogP contribution in [0.5, 0.6) is 0 Å². The lowest BCUT2D eigenvalue weighted by molar-refractivity contribution is -0.160. The van der Waals surface area contributed by atoms with Crippen molar-refractivity contribution in [3.63, 3.8) is 0 Å². The first-order chi connectivity index (χ1) is 10.1. The largest absolute Gasteiger partial charge is 0.479 e. The number of carboxylic acids is 1. The monoisotopic (exact) mass is 309 g/mol. The fourth-order valence-corrected chi connectivity index (χ4v) is 4.22. The molecule has 1 aromatic rings. The summed E-state index contributed by atoms with van der Waals surface area (Å²) in [5.41, 5.74) is 1.95. The summed E-state index contributed by atoms with van der Waals surface area (Å²) in [5.74, 6) is -1.05. The number of ether oxygens (including phenoxy) is 1. The van der Waals surface area contributed by atoms with E-state index in [1.54, 1.807) is 23.2 Å². The van der Waals surface area contributed by atoms with E-state index in [9.17, 15) is 9.59 Å². The summed E-state index contributed by atoms with van der Waals surface area (Å²) >= 11 is 1.66. The number of amides is 1. The molecule has 2 heterocycles. The molecule has 0 aromatic carbocycles. The van der Waals surface area contributed by atoms with E-state index in [0.717, 1.165) is 24.8 Å². The van der Waals surface area contributed by atoms with Gasteiger partial charge < -0.3 is 14.7 Å². The van der Waals surface area contributed by atoms with Gasteiger partial charge in [-0.1, -0.05) is 0 Å². The lowest BCUT2D eigenvalue weighted by Gasteiger charge is -2.35. The number of carbonyl (C=O) groups excluding carboxylic acids is 1. The molecule has 1 unspecified atom stereocenters. The number of aryl methyl sites for hydroxylation is 1. The highest BCUT2D eigenvalue weighted by atomic mass is 32.1. The predicted molar refractivity (Wildman–Crippen MR) is 78.8 cm³/mol. The van der Waals surface area contributed by atoms with Crippen LogP contribution in [-0.2, 0) is 22.4 Å². The second kappa shape index (κ2) is 5.77. The Labute approximate surface area is 127 Å². The lowest BCUT2D eigenvalue weighted by atomic mass is 9.95. The van der Waals surface area contributed by atoms with E-state index in [-0.39, 0.29) is 18.6 Å². The maximum absolute atomic E-state index is 12.7. The number of carbonyl (C=O) groups is 2. The summed E-state index contributed by atoms with van der Waals surface area (Å²) in [6.45, 7) is 2.38. The molecule has 1 aliphatic heterocycles. The zero-order chi connectivity index (χ0) is 15.0. The Hall–Kier alpha value is -1.40. The number of fused-ring (bicyclic) bond motifs is 1. The van der Waals surface area contributed by atoms with Gasteiger partial charge in [0.2, 0.25) is 0 Å². The van der Waals surface area contributed by atoms with Crippen molar-refractivity contribution in [2.24, 2.45) is 0 Å². The van der Waals surface area contributed by atoms with Crippen LogP contribution in [0.1, 0.15) is 40.6 Å². The van der Waals surface area contributed by atoms with Crippen molar-refractivity contribution in [2.45, 2.75) is 44.8 Å². The average Bonchev–Trinajstić information content (AvgIpc) is 2.89. The van der Waals surface area contributed by atoms with E-state index in [4.69, 9.17) is 9.84 Å². The van der Waals surface area contributed by atoms with E-state index in [2.05, 4.69) is 0 Å². The van der Waals surface area contributed by atoms with Crippen molar-refractivity contribution in [1.29, 1.82) is 0 Å². The molecule has 5 nitrogen and oxygen atoms in total. The van der Waals surface area contributed by atoms with Crippen LogP contribution in [0.3, 0.4) is 0 Å². The minimum atomic E-state index is -1.01. The molecular formula is C15H19NO4S. The molecule has 1 N–H and O–H groups in total. The first kappa shape index (κ1) is 14.5. The molecule has 0 spiro atoms. The fourth-order valence-electron chi connectivity index (χ4n) is 3.10. The molecule has 6 heteroatoms. The Morgan fingerprint density at radius 1 is 1.33 bits per heavy atom. The smallest absolute Gasteiger partial charge is 0.334 e. The summed E-state index contributed by atoms with van der Waals surface area (Å²) in [4.78, 5) is 26.8. The molecule has 2 aliphatic rings. The van der Waals surface area contributed by atoms with Crippen molar-refractivity contribution in [1.82, 2.24) is 4.90 Å². The molecule has 3 rings (SSSR count). The van der Waals surface area contributed by atoms with E-state index in [0.29, 0.717) is 6.54 Å². The first-order valence-corrected chi connectivity index (χ1v) is 8.21. The number of hydrogen-bond acceptors (Lipinski definition) is 4. The summed E-state index contributed by atoms with van der Waals surface area (Å²) in [6, 6.07) is 0. The predicted octanol–water partition coefficient (Wildman–Crippen LogP) is 1.94. The number of rotatable bonds is 2. The molecule has 1 saturated heterocycles. The molecule has 21 heavy (non-hydrogen) atoms. The van der Waals surface area contributed by atoms with Crippen LogP contribution in [0.25, 0.3) is 0 Å². The third-order valence-corrected chi connectivity index (χ3v) is 5.20. The number of carboxylic acid groups (broad SMARTS) is 1. The van der Waals surface area contributed by atoms with Gasteiger partial charge in [-0.05, 0) is 38.2 Å². The Kier molecular flexibility index (Phi) is 3.99. The normalized spacial score (nSPS) is 25.5. The number of hydrogen-bond donors (Lipinski definition) is 1. The standard InChI is InChI=1S/C15H19NO4S/c1-9-6-16(7-12(20-9)15(18)19)14(17)11-8-21-13-5-3-2-4-10(11)13/h8-9,12H,2-7H2,1H3,(H,18,19)/t9-,12?/m1/s1. The molecule has 1 aliphatic carbocycles. The Morgan fingerprint density at radius 3 is 2.86 bits per heavy atom. The lowest BCUT2D eigenvalue weighted by Crippen LogP contribution is -2.51. The summed E-state index contributed by atoms with van der Waals surface area (Å²) in [6.07, 6.45) is 3.16. The quantitative estimate of drug-likeness (QED) is 0.906. The van der Waals surface area contributed by atoms with Crippen LogP contribution >= 0.6 is 11.3 Å². The molecule has 1 amide bonds. The maximum Gasteiger partial charge on any atom is 0.334 e. The summed E-state index contributed by atoms with van der Waals surface area (Å²) in [5, 5.41) is 11.1. The molecular weight excluding hydrogens is 290 g/mol. The highest BCUT2D eigenvalue weighted by Gasteiger charge is 2.34. The van der Waals surface area contributed by atoms with Crippen molar-refractivity contribution < 1.29 is 19.4 Å². The molecule has 0 bridgehead atoms. The molecule has 1 fully saturated rings. The third-order valence-electron chi connectivity index (χ3n) is 4.11. The molecule has 114 valence electrons. The molecule has 2 atom stereocenters. The fraction of sp³-hybridized carbons (Fsp3) is 0.600. The number of thiophene rings is 1. The van der Waals surface area contributed by atoms with Crippen LogP contribution < -0.4 is 0 Å². The van der Waals surface area contributed by atoms with Crippen LogP contribution in [0, 0.1) is 0 Å². The number of nitrogens with zero attached hydrogens (tertiary/aromatic N) is 1. The topological polar surface area (TPSA) is 66.8 Å². The highest BCUT2D eigenvalue weighted by Crippen LogP contribution is 2.31. The van der Waals surface area contributed by atoms with E-state index < -0.39 is 12.1 Å². The van der Waals surface area contributed by atoms with Gasteiger partial charge in [0.05, 0.1) is 18.2 Å². The van der Waals surface area contributed by atoms with Gasteiger partial charge in [-0.3, -0.25) is 4.79 Å². The summed E-state index contributed by atoms with van der Waals surface area (Å²) < 4.78 is 5.37. The minimum Gasteiger partial charge on any atom is -0.479 e. The Bertz CT molecular complexity index is 568. The molecule has 0 radical (unpaired) electrons. The van der Waals surface area contributed by atoms with Gasteiger partial charge in [-0.2, -0.15) is 0 Å². The van der Waals surface area contributed by atoms with Crippen LogP contribution in [0.4, 0.5) is 0 Å². The highest BCUT2D eigenvalue weighted by molar-refractivity contribution is 7.10. The number of morpholine rings is 1. The average molecular weight is 309 g/mol. The van der Waals surface area contributed by atoms with Gasteiger partial charge in [-0.15, -0.1) is 11.3 Å². The molecule has 0 saturated carbocycles. The minimum absolute atomic E-state index is 0.0456. The van der Waals surface area contributed by atoms with Gasteiger partial charge in [0.15, 0.2) is 6.10 Å². The van der Waals surface area contributed by atoms with Crippen LogP contribution in [-0.4, -0.2) is 47.2 Å². The summed E-state index contributed by atoms with van der Waals surface area (Å²) in [7, 11) is 0. The SMILES string of the molecule is C[C@@H]1CN(C(=O)c2csc3c2CCCC3)CC(C(=O)O)O1. The van der Waals surface area contributed by atoms with Crippen molar-refractivity contribution in [2.75, 3.05) is 13.1 Å². The van der Waals surface area contributed by atoms with Gasteiger partial charge in [0.25, 0.3) is 5.91 Å². The van der Waals surface area contributed by atoms with Gasteiger partial charge in [-0.25, -0.2) is 4.79 Å². The van der Waals surface area contributed by atoms with Gasteiger partial charge in [0.1, 0.15) is 0 Å². The second-order valence-corrected chi connectivity index (χ2v) is 6.71. The number of aliphatic carboxylic acids is 1. The van der Waals surface area contributed by atoms with Crippen molar-refractivity contribution in [3.8, 4) is 0 Å².